The number of benzene rings is 1. The van der Waals surface area contributed by atoms with Gasteiger partial charge in [0.1, 0.15) is 6.10 Å². The normalized spacial score (nSPS) is 17.2. The second-order valence-corrected chi connectivity index (χ2v) is 5.31. The molecule has 7 heteroatoms. The number of methoxy groups -OCH3 is 1. The molecular weight excluding hydrogens is 293 g/mol. The second kappa shape index (κ2) is 6.74. The summed E-state index contributed by atoms with van der Waals surface area (Å²) in [5.41, 5.74) is 0.0694. The molecule has 1 aliphatic carbocycles. The third-order valence-electron chi connectivity index (χ3n) is 3.91. The zero-order valence-corrected chi connectivity index (χ0v) is 12.1. The van der Waals surface area contributed by atoms with Crippen molar-refractivity contribution in [2.24, 2.45) is 5.92 Å². The number of carbonyl (C=O) groups is 2. The number of carboxylic acid groups (broad SMARTS) is 1. The van der Waals surface area contributed by atoms with Crippen molar-refractivity contribution in [1.82, 2.24) is 5.32 Å². The fourth-order valence-corrected chi connectivity index (χ4v) is 2.35. The fraction of sp³-hybridized carbons (Fsp3) is 0.467. The van der Waals surface area contributed by atoms with Crippen molar-refractivity contribution in [1.29, 1.82) is 0 Å². The summed E-state index contributed by atoms with van der Waals surface area (Å²) in [5, 5.41) is 21.3. The number of carboxylic acids is 1. The van der Waals surface area contributed by atoms with Gasteiger partial charge in [0.25, 0.3) is 0 Å². The average molecular weight is 311 g/mol. The van der Waals surface area contributed by atoms with Gasteiger partial charge in [-0.15, -0.1) is 0 Å². The van der Waals surface area contributed by atoms with Crippen molar-refractivity contribution >= 4 is 11.9 Å². The van der Waals surface area contributed by atoms with Gasteiger partial charge in [-0.3, -0.25) is 4.79 Å². The van der Waals surface area contributed by atoms with Crippen molar-refractivity contribution in [3.63, 3.8) is 0 Å². The van der Waals surface area contributed by atoms with Gasteiger partial charge in [-0.1, -0.05) is 12.5 Å². The second-order valence-electron chi connectivity index (χ2n) is 5.31. The van der Waals surface area contributed by atoms with Crippen LogP contribution in [0, 0.1) is 11.7 Å². The molecule has 1 aromatic carbocycles. The predicted molar refractivity (Wildman–Crippen MR) is 74.8 cm³/mol. The molecule has 1 amide bonds. The Morgan fingerprint density at radius 1 is 1.41 bits per heavy atom. The number of aliphatic hydroxyl groups excluding tert-OH is 1. The topological polar surface area (TPSA) is 95.9 Å². The Morgan fingerprint density at radius 2 is 2.09 bits per heavy atom. The maximum Gasteiger partial charge on any atom is 0.330 e. The molecule has 1 saturated carbocycles. The Hall–Kier alpha value is -2.15. The van der Waals surface area contributed by atoms with E-state index in [0.29, 0.717) is 0 Å². The van der Waals surface area contributed by atoms with Gasteiger partial charge in [-0.05, 0) is 36.5 Å². The van der Waals surface area contributed by atoms with Crippen LogP contribution < -0.4 is 10.1 Å². The molecule has 1 fully saturated rings. The minimum atomic E-state index is -1.43. The number of nitrogens with one attached hydrogen (secondary N) is 1. The van der Waals surface area contributed by atoms with Crippen LogP contribution in [-0.4, -0.2) is 35.3 Å². The van der Waals surface area contributed by atoms with Crippen LogP contribution in [-0.2, 0) is 9.59 Å². The van der Waals surface area contributed by atoms with Crippen LogP contribution >= 0.6 is 0 Å². The van der Waals surface area contributed by atoms with E-state index in [9.17, 15) is 24.2 Å². The van der Waals surface area contributed by atoms with E-state index >= 15 is 0 Å². The lowest BCUT2D eigenvalue weighted by Crippen LogP contribution is -2.45. The Bertz CT molecular complexity index is 573. The van der Waals surface area contributed by atoms with Crippen molar-refractivity contribution < 1.29 is 28.9 Å². The van der Waals surface area contributed by atoms with Gasteiger partial charge in [0.2, 0.25) is 5.91 Å². The number of aliphatic hydroxyl groups is 1. The number of amides is 1. The van der Waals surface area contributed by atoms with Crippen LogP contribution in [0.15, 0.2) is 18.2 Å². The van der Waals surface area contributed by atoms with Crippen molar-refractivity contribution in [3.05, 3.63) is 29.6 Å². The maximum atomic E-state index is 13.7. The quantitative estimate of drug-likeness (QED) is 0.734. The Kier molecular flexibility index (Phi) is 4.97. The molecule has 2 atom stereocenters. The summed E-state index contributed by atoms with van der Waals surface area (Å²) in [4.78, 5) is 23.3. The van der Waals surface area contributed by atoms with E-state index in [1.54, 1.807) is 0 Å². The summed E-state index contributed by atoms with van der Waals surface area (Å²) in [5.74, 6) is -2.97. The molecule has 2 rings (SSSR count). The van der Waals surface area contributed by atoms with Crippen molar-refractivity contribution in [2.75, 3.05) is 7.11 Å². The summed E-state index contributed by atoms with van der Waals surface area (Å²) in [6, 6.07) is 2.21. The van der Waals surface area contributed by atoms with Gasteiger partial charge in [0.05, 0.1) is 7.11 Å². The Labute approximate surface area is 126 Å². The van der Waals surface area contributed by atoms with Crippen LogP contribution in [0.4, 0.5) is 4.39 Å². The van der Waals surface area contributed by atoms with E-state index in [1.807, 2.05) is 0 Å². The van der Waals surface area contributed by atoms with Crippen LogP contribution in [0.1, 0.15) is 30.9 Å². The lowest BCUT2D eigenvalue weighted by molar-refractivity contribution is -0.145. The third kappa shape index (κ3) is 3.36. The number of carbonyl (C=O) groups excluding carboxylic acids is 1. The van der Waals surface area contributed by atoms with Gasteiger partial charge >= 0.3 is 5.97 Å². The monoisotopic (exact) mass is 311 g/mol. The molecule has 0 aromatic heterocycles. The molecule has 2 unspecified atom stereocenters. The molecular formula is C15H18FNO5. The highest BCUT2D eigenvalue weighted by molar-refractivity contribution is 5.87. The van der Waals surface area contributed by atoms with Crippen molar-refractivity contribution in [3.8, 4) is 5.75 Å². The smallest absolute Gasteiger partial charge is 0.330 e. The largest absolute Gasteiger partial charge is 0.494 e. The molecule has 0 spiro atoms. The molecule has 0 bridgehead atoms. The first-order chi connectivity index (χ1) is 10.4. The lowest BCUT2D eigenvalue weighted by Gasteiger charge is -2.30. The van der Waals surface area contributed by atoms with Crippen LogP contribution in [0.2, 0.25) is 0 Å². The summed E-state index contributed by atoms with van der Waals surface area (Å²) >= 11 is 0. The number of hydrogen-bond acceptors (Lipinski definition) is 4. The van der Waals surface area contributed by atoms with E-state index in [0.717, 1.165) is 25.3 Å². The van der Waals surface area contributed by atoms with E-state index in [4.69, 9.17) is 4.74 Å². The summed E-state index contributed by atoms with van der Waals surface area (Å²) in [7, 11) is 1.30. The first-order valence-electron chi connectivity index (χ1n) is 6.98. The summed E-state index contributed by atoms with van der Waals surface area (Å²) < 4.78 is 18.4. The van der Waals surface area contributed by atoms with Crippen LogP contribution in [0.5, 0.6) is 5.75 Å². The van der Waals surface area contributed by atoms with E-state index in [1.165, 1.54) is 19.2 Å². The van der Waals surface area contributed by atoms with E-state index < -0.39 is 29.8 Å². The lowest BCUT2D eigenvalue weighted by atomic mass is 9.81. The molecule has 1 aromatic rings. The highest BCUT2D eigenvalue weighted by atomic mass is 19.1. The molecule has 0 aliphatic heterocycles. The third-order valence-corrected chi connectivity index (χ3v) is 3.91. The van der Waals surface area contributed by atoms with Gasteiger partial charge in [-0.25, -0.2) is 9.18 Å². The van der Waals surface area contributed by atoms with E-state index in [-0.39, 0.29) is 17.2 Å². The molecule has 0 radical (unpaired) electrons. The van der Waals surface area contributed by atoms with Crippen LogP contribution in [0.3, 0.4) is 0 Å². The highest BCUT2D eigenvalue weighted by Crippen LogP contribution is 2.30. The average Bonchev–Trinajstić information content (AvgIpc) is 2.42. The number of rotatable bonds is 6. The van der Waals surface area contributed by atoms with Gasteiger partial charge < -0.3 is 20.3 Å². The molecule has 3 N–H and O–H groups in total. The predicted octanol–water partition coefficient (Wildman–Crippen LogP) is 1.24. The maximum absolute atomic E-state index is 13.7. The minimum Gasteiger partial charge on any atom is -0.494 e. The standard InChI is InChI=1S/C15H18FNO5/c1-22-11-6-5-9(7-10(11)16)12(15(20)21)17-14(19)13(18)8-3-2-4-8/h5-8,12-13,18H,2-4H2,1H3,(H,17,19)(H,20,21). The SMILES string of the molecule is COc1ccc(C(NC(=O)C(O)C2CCC2)C(=O)O)cc1F. The molecule has 0 heterocycles. The number of halogens is 1. The zero-order chi connectivity index (χ0) is 16.3. The van der Waals surface area contributed by atoms with Crippen LogP contribution in [0.25, 0.3) is 0 Å². The molecule has 0 saturated heterocycles. The number of hydrogen-bond donors (Lipinski definition) is 3. The van der Waals surface area contributed by atoms with E-state index in [2.05, 4.69) is 5.32 Å². The van der Waals surface area contributed by atoms with Gasteiger partial charge in [0.15, 0.2) is 17.6 Å². The number of aliphatic carboxylic acids is 1. The summed E-state index contributed by atoms with van der Waals surface area (Å²) in [6.45, 7) is 0. The molecule has 22 heavy (non-hydrogen) atoms. The fourth-order valence-electron chi connectivity index (χ4n) is 2.35. The molecule has 120 valence electrons. The summed E-state index contributed by atoms with van der Waals surface area (Å²) in [6.07, 6.45) is 1.19. The Balaban J connectivity index is 2.14. The first kappa shape index (κ1) is 16.2. The zero-order valence-electron chi connectivity index (χ0n) is 12.1. The van der Waals surface area contributed by atoms with Crippen molar-refractivity contribution in [2.45, 2.75) is 31.4 Å². The minimum absolute atomic E-state index is 0.0197. The first-order valence-corrected chi connectivity index (χ1v) is 6.98. The highest BCUT2D eigenvalue weighted by Gasteiger charge is 2.33. The molecule has 6 nitrogen and oxygen atoms in total. The van der Waals surface area contributed by atoms with Gasteiger partial charge in [-0.2, -0.15) is 0 Å². The van der Waals surface area contributed by atoms with Gasteiger partial charge in [0, 0.05) is 0 Å². The Morgan fingerprint density at radius 3 is 2.55 bits per heavy atom. The number of ether oxygens (including phenoxy) is 1. The molecule has 1 aliphatic rings.